The van der Waals surface area contributed by atoms with Crippen LogP contribution >= 0.6 is 12.2 Å². The third-order valence-corrected chi connectivity index (χ3v) is 3.90. The summed E-state index contributed by atoms with van der Waals surface area (Å²) in [7, 11) is 1.53. The minimum absolute atomic E-state index is 0.128. The van der Waals surface area contributed by atoms with Crippen LogP contribution in [0.3, 0.4) is 0 Å². The molecule has 0 amide bonds. The van der Waals surface area contributed by atoms with Crippen LogP contribution in [0.2, 0.25) is 0 Å². The van der Waals surface area contributed by atoms with Gasteiger partial charge in [0.2, 0.25) is 0 Å². The monoisotopic (exact) mass is 343 g/mol. The molecular formula is C19H23N2O2S. The number of ether oxygens (including phenoxy) is 1. The normalized spacial score (nSPS) is 11.6. The lowest BCUT2D eigenvalue weighted by molar-refractivity contribution is 0.373. The fourth-order valence-electron chi connectivity index (χ4n) is 2.33. The smallest absolute Gasteiger partial charge is 0.166 e. The molecule has 0 saturated carbocycles. The van der Waals surface area contributed by atoms with Crippen LogP contribution in [0.25, 0.3) is 0 Å². The fourth-order valence-corrected chi connectivity index (χ4v) is 2.49. The molecule has 0 aliphatic rings. The van der Waals surface area contributed by atoms with E-state index >= 15 is 0 Å². The molecule has 0 aliphatic heterocycles. The molecule has 24 heavy (non-hydrogen) atoms. The van der Waals surface area contributed by atoms with Gasteiger partial charge in [-0.05, 0) is 54.7 Å². The number of hydrogen-bond donors (Lipinski definition) is 3. The van der Waals surface area contributed by atoms with Crippen LogP contribution in [0.4, 0.5) is 0 Å². The van der Waals surface area contributed by atoms with Crippen LogP contribution in [0.1, 0.15) is 11.1 Å². The summed E-state index contributed by atoms with van der Waals surface area (Å²) in [5.41, 5.74) is 2.25. The van der Waals surface area contributed by atoms with Gasteiger partial charge in [-0.2, -0.15) is 0 Å². The molecule has 127 valence electrons. The zero-order chi connectivity index (χ0) is 17.4. The van der Waals surface area contributed by atoms with Crippen molar-refractivity contribution in [2.24, 2.45) is 5.92 Å². The lowest BCUT2D eigenvalue weighted by atomic mass is 10.0. The molecule has 1 unspecified atom stereocenters. The molecule has 5 heteroatoms. The molecule has 0 saturated heterocycles. The second kappa shape index (κ2) is 9.13. The van der Waals surface area contributed by atoms with Gasteiger partial charge < -0.3 is 20.5 Å². The first-order valence-corrected chi connectivity index (χ1v) is 8.24. The quantitative estimate of drug-likeness (QED) is 0.675. The van der Waals surface area contributed by atoms with Gasteiger partial charge in [-0.3, -0.25) is 0 Å². The van der Waals surface area contributed by atoms with Crippen molar-refractivity contribution in [2.75, 3.05) is 13.7 Å². The van der Waals surface area contributed by atoms with Gasteiger partial charge in [-0.25, -0.2) is 0 Å². The first-order chi connectivity index (χ1) is 11.6. The minimum atomic E-state index is 0.128. The molecule has 0 bridgehead atoms. The highest BCUT2D eigenvalue weighted by Gasteiger charge is 2.06. The van der Waals surface area contributed by atoms with Crippen molar-refractivity contribution in [2.45, 2.75) is 13.0 Å². The second-order valence-electron chi connectivity index (χ2n) is 5.63. The van der Waals surface area contributed by atoms with Crippen molar-refractivity contribution in [1.29, 1.82) is 0 Å². The summed E-state index contributed by atoms with van der Waals surface area (Å²) in [5.74, 6) is 0.817. The molecular weight excluding hydrogens is 320 g/mol. The first kappa shape index (κ1) is 18.1. The van der Waals surface area contributed by atoms with E-state index in [2.05, 4.69) is 29.7 Å². The molecule has 0 fully saturated rings. The van der Waals surface area contributed by atoms with Gasteiger partial charge in [0.25, 0.3) is 0 Å². The highest BCUT2D eigenvalue weighted by atomic mass is 32.1. The van der Waals surface area contributed by atoms with E-state index in [0.717, 1.165) is 12.0 Å². The Kier molecular flexibility index (Phi) is 6.88. The van der Waals surface area contributed by atoms with Gasteiger partial charge in [0, 0.05) is 13.1 Å². The molecule has 1 radical (unpaired) electrons. The summed E-state index contributed by atoms with van der Waals surface area (Å²) in [6.07, 6.45) is 0.908. The fraction of sp³-hybridized carbons (Fsp3) is 0.263. The van der Waals surface area contributed by atoms with E-state index in [1.54, 1.807) is 12.1 Å². The first-order valence-electron chi connectivity index (χ1n) is 7.83. The summed E-state index contributed by atoms with van der Waals surface area (Å²) < 4.78 is 5.09. The zero-order valence-electron chi connectivity index (χ0n) is 13.8. The van der Waals surface area contributed by atoms with Crippen molar-refractivity contribution in [3.63, 3.8) is 0 Å². The van der Waals surface area contributed by atoms with Crippen LogP contribution in [-0.4, -0.2) is 23.9 Å². The van der Waals surface area contributed by atoms with Gasteiger partial charge in [0.1, 0.15) is 0 Å². The Morgan fingerprint density at radius 1 is 1.17 bits per heavy atom. The van der Waals surface area contributed by atoms with Gasteiger partial charge in [-0.15, -0.1) is 0 Å². The Balaban J connectivity index is 1.73. The highest BCUT2D eigenvalue weighted by molar-refractivity contribution is 7.80. The Morgan fingerprint density at radius 2 is 1.92 bits per heavy atom. The number of methoxy groups -OCH3 is 1. The van der Waals surface area contributed by atoms with E-state index in [1.807, 2.05) is 24.3 Å². The lowest BCUT2D eigenvalue weighted by Gasteiger charge is -2.15. The third kappa shape index (κ3) is 5.74. The van der Waals surface area contributed by atoms with Crippen LogP contribution in [0.15, 0.2) is 48.5 Å². The SMILES string of the molecule is [CH2]C(CNC(=S)NCc1ccc(O)c(OC)c1)Cc1ccccc1. The van der Waals surface area contributed by atoms with Crippen molar-refractivity contribution in [3.8, 4) is 11.5 Å². The minimum Gasteiger partial charge on any atom is -0.504 e. The van der Waals surface area contributed by atoms with Crippen LogP contribution in [0, 0.1) is 12.8 Å². The average molecular weight is 343 g/mol. The molecule has 2 aromatic carbocycles. The highest BCUT2D eigenvalue weighted by Crippen LogP contribution is 2.26. The van der Waals surface area contributed by atoms with E-state index < -0.39 is 0 Å². The Morgan fingerprint density at radius 3 is 2.62 bits per heavy atom. The maximum Gasteiger partial charge on any atom is 0.166 e. The number of benzene rings is 2. The Labute approximate surface area is 148 Å². The molecule has 3 N–H and O–H groups in total. The molecule has 0 aliphatic carbocycles. The van der Waals surface area contributed by atoms with Crippen molar-refractivity contribution in [3.05, 3.63) is 66.6 Å². The number of phenols is 1. The number of aromatic hydroxyl groups is 1. The average Bonchev–Trinajstić information content (AvgIpc) is 2.60. The second-order valence-corrected chi connectivity index (χ2v) is 6.03. The van der Waals surface area contributed by atoms with Gasteiger partial charge >= 0.3 is 0 Å². The van der Waals surface area contributed by atoms with E-state index in [4.69, 9.17) is 17.0 Å². The van der Waals surface area contributed by atoms with E-state index in [1.165, 1.54) is 12.7 Å². The predicted molar refractivity (Wildman–Crippen MR) is 101 cm³/mol. The molecule has 1 atom stereocenters. The molecule has 0 heterocycles. The topological polar surface area (TPSA) is 53.5 Å². The Bertz CT molecular complexity index is 662. The predicted octanol–water partition coefficient (Wildman–Crippen LogP) is 3.06. The van der Waals surface area contributed by atoms with Gasteiger partial charge in [0.05, 0.1) is 7.11 Å². The van der Waals surface area contributed by atoms with E-state index in [-0.39, 0.29) is 11.7 Å². The van der Waals surface area contributed by atoms with Crippen LogP contribution in [0.5, 0.6) is 11.5 Å². The molecule has 2 rings (SSSR count). The number of phenolic OH excluding ortho intramolecular Hbond substituents is 1. The molecule has 4 nitrogen and oxygen atoms in total. The number of rotatable bonds is 7. The molecule has 0 aromatic heterocycles. The third-order valence-electron chi connectivity index (χ3n) is 3.62. The van der Waals surface area contributed by atoms with E-state index in [9.17, 15) is 5.11 Å². The van der Waals surface area contributed by atoms with Crippen molar-refractivity contribution in [1.82, 2.24) is 10.6 Å². The van der Waals surface area contributed by atoms with Gasteiger partial charge in [0.15, 0.2) is 16.6 Å². The lowest BCUT2D eigenvalue weighted by Crippen LogP contribution is -2.37. The van der Waals surface area contributed by atoms with E-state index in [0.29, 0.717) is 24.0 Å². The largest absolute Gasteiger partial charge is 0.504 e. The zero-order valence-corrected chi connectivity index (χ0v) is 14.6. The summed E-state index contributed by atoms with van der Waals surface area (Å²) >= 11 is 5.29. The van der Waals surface area contributed by atoms with Crippen molar-refractivity contribution < 1.29 is 9.84 Å². The molecule has 2 aromatic rings. The maximum atomic E-state index is 9.59. The standard InChI is InChI=1S/C19H23N2O2S/c1-14(10-15-6-4-3-5-7-15)12-20-19(24)21-13-16-8-9-17(22)18(11-16)23-2/h3-9,11,14,22H,1,10,12-13H2,2H3,(H2,20,21,24). The summed E-state index contributed by atoms with van der Waals surface area (Å²) in [6, 6.07) is 15.5. The summed E-state index contributed by atoms with van der Waals surface area (Å²) in [5, 5.41) is 16.5. The summed E-state index contributed by atoms with van der Waals surface area (Å²) in [6.45, 7) is 5.43. The number of thiocarbonyl (C=S) groups is 1. The summed E-state index contributed by atoms with van der Waals surface area (Å²) in [4.78, 5) is 0. The van der Waals surface area contributed by atoms with Crippen LogP contribution < -0.4 is 15.4 Å². The van der Waals surface area contributed by atoms with Gasteiger partial charge in [-0.1, -0.05) is 36.4 Å². The molecule has 0 spiro atoms. The van der Waals surface area contributed by atoms with Crippen molar-refractivity contribution >= 4 is 17.3 Å². The maximum absolute atomic E-state index is 9.59. The van der Waals surface area contributed by atoms with Crippen LogP contribution in [-0.2, 0) is 13.0 Å². The number of hydrogen-bond acceptors (Lipinski definition) is 3. The number of nitrogens with one attached hydrogen (secondary N) is 2. The Hall–Kier alpha value is -2.27.